The molecule has 5 nitrogen and oxygen atoms in total. The number of carbonyl (C=O) groups is 1. The smallest absolute Gasteiger partial charge is 0.389 e. The summed E-state index contributed by atoms with van der Waals surface area (Å²) >= 11 is 0. The van der Waals surface area contributed by atoms with Crippen LogP contribution in [0.15, 0.2) is 10.6 Å². The molecule has 0 unspecified atom stereocenters. The van der Waals surface area contributed by atoms with Crippen molar-refractivity contribution in [2.45, 2.75) is 85.4 Å². The van der Waals surface area contributed by atoms with Gasteiger partial charge in [0.2, 0.25) is 11.8 Å². The van der Waals surface area contributed by atoms with E-state index in [1.165, 1.54) is 0 Å². The Morgan fingerprint density at radius 1 is 1.23 bits per heavy atom. The molecule has 0 aromatic carbocycles. The molecule has 1 amide bonds. The molecular formula is C18H31F3N2O3. The lowest BCUT2D eigenvalue weighted by Crippen LogP contribution is -2.31. The van der Waals surface area contributed by atoms with Crippen molar-refractivity contribution < 1.29 is 27.6 Å². The normalized spacial score (nSPS) is 13.9. The van der Waals surface area contributed by atoms with E-state index in [9.17, 15) is 23.1 Å². The van der Waals surface area contributed by atoms with Crippen LogP contribution in [0.1, 0.15) is 73.4 Å². The fourth-order valence-electron chi connectivity index (χ4n) is 2.14. The largest absolute Gasteiger partial charge is 0.392 e. The minimum atomic E-state index is -4.17. The van der Waals surface area contributed by atoms with Gasteiger partial charge in [-0.05, 0) is 19.8 Å². The van der Waals surface area contributed by atoms with Gasteiger partial charge in [0.15, 0.2) is 0 Å². The minimum absolute atomic E-state index is 0. The summed E-state index contributed by atoms with van der Waals surface area (Å²) in [5.74, 6) is -0.200. The summed E-state index contributed by atoms with van der Waals surface area (Å²) in [6, 6.07) is 1.55. The number of hydrogen-bond donors (Lipinski definition) is 2. The number of aliphatic hydroxyl groups is 1. The van der Waals surface area contributed by atoms with Gasteiger partial charge < -0.3 is 9.63 Å². The van der Waals surface area contributed by atoms with E-state index in [0.29, 0.717) is 18.5 Å². The summed E-state index contributed by atoms with van der Waals surface area (Å²) in [6.45, 7) is 8.58. The summed E-state index contributed by atoms with van der Waals surface area (Å²) in [6.07, 6.45) is -5.04. The second-order valence-corrected chi connectivity index (χ2v) is 7.63. The molecule has 0 aliphatic carbocycles. The predicted octanol–water partition coefficient (Wildman–Crippen LogP) is 5.06. The maximum Gasteiger partial charge on any atom is 0.389 e. The standard InChI is InChI=1S/C17H27F3N2O3.CH4/c1-11(23)16(4,5)12-10-13(25-22-12)21-14(24)15(2,3)8-6-7-9-17(18,19)20;/h10-11,23H,6-9H2,1-5H3,(H,21,24);1H4/t11-;/m0./s1. The number of anilines is 1. The number of rotatable bonds is 8. The van der Waals surface area contributed by atoms with E-state index in [1.807, 2.05) is 0 Å². The molecule has 0 bridgehead atoms. The minimum Gasteiger partial charge on any atom is -0.392 e. The maximum absolute atomic E-state index is 12.3. The zero-order chi connectivity index (χ0) is 19.5. The molecule has 2 N–H and O–H groups in total. The van der Waals surface area contributed by atoms with E-state index >= 15 is 0 Å². The average molecular weight is 380 g/mol. The molecule has 0 aliphatic rings. The number of nitrogens with zero attached hydrogens (tertiary/aromatic N) is 1. The van der Waals surface area contributed by atoms with Crippen LogP contribution in [0.5, 0.6) is 0 Å². The van der Waals surface area contributed by atoms with E-state index in [-0.39, 0.29) is 25.6 Å². The summed E-state index contributed by atoms with van der Waals surface area (Å²) < 4.78 is 41.6. The van der Waals surface area contributed by atoms with E-state index in [0.717, 1.165) is 0 Å². The SMILES string of the molecule is C.C[C@H](O)C(C)(C)c1cc(NC(=O)C(C)(C)CCCCC(F)(F)F)on1. The van der Waals surface area contributed by atoms with Crippen molar-refractivity contribution >= 4 is 11.8 Å². The van der Waals surface area contributed by atoms with E-state index in [1.54, 1.807) is 40.7 Å². The van der Waals surface area contributed by atoms with Gasteiger partial charge >= 0.3 is 6.18 Å². The molecule has 1 aromatic heterocycles. The second-order valence-electron chi connectivity index (χ2n) is 7.63. The highest BCUT2D eigenvalue weighted by Gasteiger charge is 2.33. The first-order valence-corrected chi connectivity index (χ1v) is 8.29. The molecule has 1 heterocycles. The van der Waals surface area contributed by atoms with Gasteiger partial charge in [0.05, 0.1) is 11.8 Å². The molecule has 0 fully saturated rings. The molecule has 1 rings (SSSR count). The van der Waals surface area contributed by atoms with Gasteiger partial charge in [0.25, 0.3) is 0 Å². The molecule has 1 aromatic rings. The van der Waals surface area contributed by atoms with Crippen LogP contribution in [0.4, 0.5) is 19.1 Å². The van der Waals surface area contributed by atoms with Gasteiger partial charge in [-0.2, -0.15) is 13.2 Å². The van der Waals surface area contributed by atoms with Crippen molar-refractivity contribution in [3.63, 3.8) is 0 Å². The highest BCUT2D eigenvalue weighted by atomic mass is 19.4. The van der Waals surface area contributed by atoms with Crippen molar-refractivity contribution in [2.24, 2.45) is 5.41 Å². The van der Waals surface area contributed by atoms with Crippen LogP contribution in [-0.4, -0.2) is 28.5 Å². The number of aromatic nitrogens is 1. The molecule has 0 aliphatic heterocycles. The van der Waals surface area contributed by atoms with Crippen molar-refractivity contribution in [2.75, 3.05) is 5.32 Å². The van der Waals surface area contributed by atoms with Gasteiger partial charge in [-0.1, -0.05) is 46.7 Å². The second kappa shape index (κ2) is 8.88. The predicted molar refractivity (Wildman–Crippen MR) is 94.9 cm³/mol. The molecule has 0 saturated carbocycles. The Bertz CT molecular complexity index is 578. The van der Waals surface area contributed by atoms with Gasteiger partial charge in [-0.15, -0.1) is 0 Å². The third-order valence-electron chi connectivity index (χ3n) is 4.58. The van der Waals surface area contributed by atoms with Crippen molar-refractivity contribution in [1.82, 2.24) is 5.16 Å². The number of nitrogens with one attached hydrogen (secondary N) is 1. The van der Waals surface area contributed by atoms with Crippen LogP contribution >= 0.6 is 0 Å². The zero-order valence-electron chi connectivity index (χ0n) is 15.3. The van der Waals surface area contributed by atoms with Crippen LogP contribution in [-0.2, 0) is 10.2 Å². The van der Waals surface area contributed by atoms with Crippen LogP contribution in [0.25, 0.3) is 0 Å². The van der Waals surface area contributed by atoms with Crippen molar-refractivity contribution in [3.8, 4) is 0 Å². The number of alkyl halides is 3. The molecule has 152 valence electrons. The lowest BCUT2D eigenvalue weighted by Gasteiger charge is -2.24. The summed E-state index contributed by atoms with van der Waals surface area (Å²) in [5.41, 5.74) is -0.974. The summed E-state index contributed by atoms with van der Waals surface area (Å²) in [4.78, 5) is 12.3. The fourth-order valence-corrected chi connectivity index (χ4v) is 2.14. The topological polar surface area (TPSA) is 75.4 Å². The third-order valence-corrected chi connectivity index (χ3v) is 4.58. The first-order valence-electron chi connectivity index (χ1n) is 8.29. The zero-order valence-corrected chi connectivity index (χ0v) is 15.3. The molecule has 0 radical (unpaired) electrons. The molecule has 26 heavy (non-hydrogen) atoms. The van der Waals surface area contributed by atoms with Gasteiger partial charge in [-0.25, -0.2) is 0 Å². The quantitative estimate of drug-likeness (QED) is 0.618. The number of carbonyl (C=O) groups excluding carboxylic acids is 1. The van der Waals surface area contributed by atoms with Crippen LogP contribution < -0.4 is 5.32 Å². The molecular weight excluding hydrogens is 349 g/mol. The number of amides is 1. The Kier molecular flexibility index (Phi) is 8.35. The highest BCUT2D eigenvalue weighted by Crippen LogP contribution is 2.31. The van der Waals surface area contributed by atoms with Crippen LogP contribution in [0.3, 0.4) is 0 Å². The van der Waals surface area contributed by atoms with Crippen LogP contribution in [0, 0.1) is 5.41 Å². The lowest BCUT2D eigenvalue weighted by molar-refractivity contribution is -0.136. The highest BCUT2D eigenvalue weighted by molar-refractivity contribution is 5.93. The number of aliphatic hydroxyl groups excluding tert-OH is 1. The molecule has 8 heteroatoms. The molecule has 0 saturated heterocycles. The van der Waals surface area contributed by atoms with E-state index < -0.39 is 29.5 Å². The molecule has 1 atom stereocenters. The Morgan fingerprint density at radius 3 is 2.27 bits per heavy atom. The Hall–Kier alpha value is -1.57. The van der Waals surface area contributed by atoms with E-state index in [2.05, 4.69) is 10.5 Å². The monoisotopic (exact) mass is 380 g/mol. The Morgan fingerprint density at radius 2 is 1.77 bits per heavy atom. The maximum atomic E-state index is 12.3. The van der Waals surface area contributed by atoms with Crippen molar-refractivity contribution in [3.05, 3.63) is 11.8 Å². The van der Waals surface area contributed by atoms with Gasteiger partial charge in [0.1, 0.15) is 0 Å². The number of halogens is 3. The van der Waals surface area contributed by atoms with Crippen LogP contribution in [0.2, 0.25) is 0 Å². The first kappa shape index (κ1) is 24.4. The summed E-state index contributed by atoms with van der Waals surface area (Å²) in [7, 11) is 0. The molecule has 0 spiro atoms. The third kappa shape index (κ3) is 6.97. The number of hydrogen-bond acceptors (Lipinski definition) is 4. The average Bonchev–Trinajstić information content (AvgIpc) is 2.91. The van der Waals surface area contributed by atoms with Crippen molar-refractivity contribution in [1.29, 1.82) is 0 Å². The van der Waals surface area contributed by atoms with E-state index in [4.69, 9.17) is 4.52 Å². The Labute approximate surface area is 153 Å². The summed E-state index contributed by atoms with van der Waals surface area (Å²) in [5, 5.41) is 16.3. The van der Waals surface area contributed by atoms with Gasteiger partial charge in [0, 0.05) is 23.3 Å². The van der Waals surface area contributed by atoms with Gasteiger partial charge in [-0.3, -0.25) is 10.1 Å². The number of unbranched alkanes of at least 4 members (excludes halogenated alkanes) is 1. The Balaban J connectivity index is 0.00000625. The fraction of sp³-hybridized carbons (Fsp3) is 0.778. The lowest BCUT2D eigenvalue weighted by atomic mass is 9.84. The first-order chi connectivity index (χ1) is 11.3.